The third-order valence-corrected chi connectivity index (χ3v) is 9.81. The number of ether oxygens (including phenoxy) is 1. The summed E-state index contributed by atoms with van der Waals surface area (Å²) in [4.78, 5) is 33.8. The Morgan fingerprint density at radius 2 is 1.98 bits per heavy atom. The van der Waals surface area contributed by atoms with Crippen molar-refractivity contribution >= 4 is 32.6 Å². The third-order valence-electron chi connectivity index (χ3n) is 7.18. The van der Waals surface area contributed by atoms with Crippen LogP contribution in [0.5, 0.6) is 0 Å². The predicted molar refractivity (Wildman–Crippen MR) is 125 cm³/mol. The Morgan fingerprint density at radius 3 is 2.70 bits per heavy atom. The molecule has 2 fully saturated rings. The molecule has 7 N–H and O–H groups in total. The lowest BCUT2D eigenvalue weighted by Crippen LogP contribution is -2.48. The number of azide groups is 1. The number of nitrogens with two attached hydrogens (primary N) is 1. The Hall–Kier alpha value is -2.28. The highest BCUT2D eigenvalue weighted by Crippen LogP contribution is 2.60. The van der Waals surface area contributed by atoms with Crippen molar-refractivity contribution in [2.75, 3.05) is 18.9 Å². The maximum Gasteiger partial charge on any atom is 0.478 e. The molecule has 1 saturated carbocycles. The number of hydrogen-bond donors (Lipinski definition) is 6. The van der Waals surface area contributed by atoms with Crippen molar-refractivity contribution in [1.82, 2.24) is 14.5 Å². The van der Waals surface area contributed by atoms with Crippen molar-refractivity contribution in [3.63, 3.8) is 0 Å². The summed E-state index contributed by atoms with van der Waals surface area (Å²) in [6.45, 7) is -1.20. The molecule has 3 aliphatic heterocycles. The number of aromatic nitrogens is 4. The Balaban J connectivity index is 1.59. The van der Waals surface area contributed by atoms with Gasteiger partial charge in [-0.3, -0.25) is 13.7 Å². The van der Waals surface area contributed by atoms with Gasteiger partial charge in [0.15, 0.2) is 11.7 Å². The molecule has 8 bridgehead atoms. The molecule has 5 heterocycles. The first-order valence-electron chi connectivity index (χ1n) is 11.9. The first-order chi connectivity index (χ1) is 18.8. The van der Waals surface area contributed by atoms with Crippen LogP contribution in [0, 0.1) is 5.92 Å². The fraction of sp³-hybridized carbons (Fsp3) is 0.722. The van der Waals surface area contributed by atoms with Crippen molar-refractivity contribution in [3.8, 4) is 0 Å². The number of nitrogen functional groups attached to an aromatic ring is 1. The van der Waals surface area contributed by atoms with Crippen LogP contribution in [0.25, 0.3) is 21.6 Å². The second-order valence-corrected chi connectivity index (χ2v) is 12.5. The first kappa shape index (κ1) is 29.2. The van der Waals surface area contributed by atoms with Gasteiger partial charge in [0.25, 0.3) is 13.6 Å². The number of aliphatic hydroxyl groups is 4. The van der Waals surface area contributed by atoms with E-state index < -0.39 is 77.1 Å². The standard InChI is InChI=1S/C18H26N8O12P2/c19-16-11-17-22-6-25(16)8-3-7(12(27)13(8)28)9(1-2-23-24-20)37-40(33,34)38-39(31,32)35-4-10-14(29)15(30)18(36-10)26(17)5-21-11/h5-10,12-15,18-19,27-30H,1-4H2,(H2,31,32,33,34)/t7-,8-,9+,10-,12-,13+,14-,15-,18-/m1/s1. The van der Waals surface area contributed by atoms with Crippen LogP contribution in [0.4, 0.5) is 5.82 Å². The highest BCUT2D eigenvalue weighted by molar-refractivity contribution is 7.60. The van der Waals surface area contributed by atoms with Crippen molar-refractivity contribution in [2.45, 2.75) is 61.7 Å². The highest BCUT2D eigenvalue weighted by Gasteiger charge is 2.51. The molecule has 11 atom stereocenters. The quantitative estimate of drug-likeness (QED) is 0.0715. The molecule has 220 valence electrons. The zero-order valence-corrected chi connectivity index (χ0v) is 22.2. The van der Waals surface area contributed by atoms with Crippen LogP contribution in [0.3, 0.4) is 0 Å². The Bertz CT molecular complexity index is 1420. The van der Waals surface area contributed by atoms with E-state index in [2.05, 4.69) is 28.8 Å². The van der Waals surface area contributed by atoms with E-state index in [9.17, 15) is 39.3 Å². The maximum atomic E-state index is 12.7. The average molecular weight is 608 g/mol. The zero-order chi connectivity index (χ0) is 29.0. The van der Waals surface area contributed by atoms with Crippen molar-refractivity contribution in [3.05, 3.63) is 23.1 Å². The Labute approximate surface area is 224 Å². The minimum Gasteiger partial charge on any atom is -0.756 e. The number of rotatable bonds is 3. The van der Waals surface area contributed by atoms with Gasteiger partial charge in [-0.15, -0.1) is 0 Å². The topological polar surface area (TPSA) is 305 Å². The number of aliphatic hydroxyl groups excluding tert-OH is 4. The van der Waals surface area contributed by atoms with E-state index in [1.165, 1.54) is 21.8 Å². The number of imidazole rings is 1. The number of anilines is 1. The Kier molecular flexibility index (Phi) is 7.92. The van der Waals surface area contributed by atoms with E-state index in [1.54, 1.807) is 0 Å². The number of phosphoric acid groups is 2. The third kappa shape index (κ3) is 5.35. The lowest BCUT2D eigenvalue weighted by Gasteiger charge is -2.30. The second kappa shape index (κ2) is 10.8. The molecule has 6 rings (SSSR count). The van der Waals surface area contributed by atoms with Crippen LogP contribution in [0.2, 0.25) is 0 Å². The van der Waals surface area contributed by atoms with Crippen molar-refractivity contribution < 1.29 is 62.0 Å². The molecule has 22 heteroatoms. The number of phosphoric ester groups is 2. The van der Waals surface area contributed by atoms with Gasteiger partial charge in [-0.25, -0.2) is 18.4 Å². The van der Waals surface area contributed by atoms with Gasteiger partial charge >= 0.3 is 7.82 Å². The highest BCUT2D eigenvalue weighted by atomic mass is 31.3. The molecule has 0 radical (unpaired) electrons. The van der Waals surface area contributed by atoms with E-state index in [1.807, 2.05) is 0 Å². The van der Waals surface area contributed by atoms with E-state index in [0.717, 1.165) is 0 Å². The van der Waals surface area contributed by atoms with E-state index in [4.69, 9.17) is 20.5 Å². The second-order valence-electron chi connectivity index (χ2n) is 9.54. The molecule has 40 heavy (non-hydrogen) atoms. The van der Waals surface area contributed by atoms with E-state index in [0.29, 0.717) is 0 Å². The molecule has 0 spiro atoms. The molecule has 1 aliphatic carbocycles. The summed E-state index contributed by atoms with van der Waals surface area (Å²) in [5.41, 5.74) is 15.2. The lowest BCUT2D eigenvalue weighted by atomic mass is 9.96. The largest absolute Gasteiger partial charge is 0.756 e. The van der Waals surface area contributed by atoms with Crippen molar-refractivity contribution in [1.29, 1.82) is 0 Å². The maximum absolute atomic E-state index is 12.7. The number of hydrogen-bond acceptors (Lipinski definition) is 15. The fourth-order valence-corrected chi connectivity index (χ4v) is 7.57. The van der Waals surface area contributed by atoms with Crippen LogP contribution in [-0.4, -0.2) is 89.6 Å². The minimum absolute atomic E-state index is 0.00434. The molecular weight excluding hydrogens is 582 g/mol. The molecule has 4 aliphatic rings. The summed E-state index contributed by atoms with van der Waals surface area (Å²) >= 11 is 0. The van der Waals surface area contributed by atoms with Gasteiger partial charge in [0.05, 0.1) is 18.8 Å². The van der Waals surface area contributed by atoms with Crippen LogP contribution in [-0.2, 0) is 27.2 Å². The van der Waals surface area contributed by atoms with Gasteiger partial charge in [0.2, 0.25) is 12.0 Å². The summed E-state index contributed by atoms with van der Waals surface area (Å²) < 4.78 is 47.3. The zero-order valence-electron chi connectivity index (χ0n) is 20.4. The van der Waals surface area contributed by atoms with Gasteiger partial charge in [-0.05, 0) is 18.4 Å². The lowest BCUT2D eigenvalue weighted by molar-refractivity contribution is -0.717. The fourth-order valence-electron chi connectivity index (χ4n) is 5.28. The van der Waals surface area contributed by atoms with Crippen LogP contribution >= 0.6 is 15.6 Å². The van der Waals surface area contributed by atoms with Crippen molar-refractivity contribution in [2.24, 2.45) is 11.0 Å². The number of nitrogens with zero attached hydrogens (tertiary/aromatic N) is 7. The molecule has 20 nitrogen and oxygen atoms in total. The van der Waals surface area contributed by atoms with Gasteiger partial charge in [-0.2, -0.15) is 0 Å². The van der Waals surface area contributed by atoms with Gasteiger partial charge < -0.3 is 45.2 Å². The molecule has 2 aromatic rings. The molecule has 2 aromatic heterocycles. The van der Waals surface area contributed by atoms with Gasteiger partial charge in [0, 0.05) is 17.4 Å². The summed E-state index contributed by atoms with van der Waals surface area (Å²) in [7, 11) is -11.1. The molecule has 0 aromatic carbocycles. The normalized spacial score (nSPS) is 42.1. The molecular formula is C18H26N8O12P2. The summed E-state index contributed by atoms with van der Waals surface area (Å²) in [6.07, 6.45) is -8.45. The summed E-state index contributed by atoms with van der Waals surface area (Å²) in [6, 6.07) is -0.959. The monoisotopic (exact) mass is 608 g/mol. The smallest absolute Gasteiger partial charge is 0.478 e. The average Bonchev–Trinajstić information content (AvgIpc) is 3.52. The van der Waals surface area contributed by atoms with Crippen LogP contribution in [0.15, 0.2) is 17.8 Å². The molecule has 2 unspecified atom stereocenters. The van der Waals surface area contributed by atoms with Gasteiger partial charge in [0.1, 0.15) is 36.8 Å². The molecule has 0 amide bonds. The SMILES string of the molecule is [N-]=[N+]=NCC[C@@H]1OP(=O)(O)OP(=O)([O-])OC[C@H]2O[C@H]([C@H](O)[C@@H]2O)n2cnc3c(N)[n+](cnc32)[C@@H]2C[C@H]1[C@@H](O)[C@H]2O. The van der Waals surface area contributed by atoms with Crippen LogP contribution in [0.1, 0.15) is 25.1 Å². The first-order valence-corrected chi connectivity index (χ1v) is 14.9. The van der Waals surface area contributed by atoms with E-state index in [-0.39, 0.29) is 36.4 Å². The summed E-state index contributed by atoms with van der Waals surface area (Å²) in [5.74, 6) is -1.09. The molecule has 1 saturated heterocycles. The number of fused-ring (bicyclic) bond motifs is 7. The predicted octanol–water partition coefficient (Wildman–Crippen LogP) is -2.10. The summed E-state index contributed by atoms with van der Waals surface area (Å²) in [5, 5.41) is 46.1. The van der Waals surface area contributed by atoms with Gasteiger partial charge in [-0.1, -0.05) is 10.1 Å². The van der Waals surface area contributed by atoms with Crippen LogP contribution < -0.4 is 15.2 Å². The minimum atomic E-state index is -5.59. The van der Waals surface area contributed by atoms with E-state index >= 15 is 0 Å². The Morgan fingerprint density at radius 1 is 1.23 bits per heavy atom.